The smallest absolute Gasteiger partial charge is 0.334 e. The van der Waals surface area contributed by atoms with E-state index in [9.17, 15) is 9.59 Å². The summed E-state index contributed by atoms with van der Waals surface area (Å²) in [5.41, 5.74) is 0. The van der Waals surface area contributed by atoms with Crippen LogP contribution >= 0.6 is 11.1 Å². The molecule has 0 aromatic carbocycles. The molecule has 2 aliphatic heterocycles. The average molecular weight is 230 g/mol. The third kappa shape index (κ3) is 1.46. The van der Waals surface area contributed by atoms with Gasteiger partial charge in [0.2, 0.25) is 0 Å². The van der Waals surface area contributed by atoms with E-state index in [4.69, 9.17) is 0 Å². The van der Waals surface area contributed by atoms with E-state index in [0.717, 1.165) is 0 Å². The van der Waals surface area contributed by atoms with Crippen LogP contribution in [0.3, 0.4) is 0 Å². The van der Waals surface area contributed by atoms with Gasteiger partial charge in [-0.15, -0.1) is 0 Å². The molecular weight excluding hydrogens is 216 g/mol. The summed E-state index contributed by atoms with van der Waals surface area (Å²) in [6.07, 6.45) is 4.93. The number of amides is 3. The van der Waals surface area contributed by atoms with Crippen LogP contribution in [0, 0.1) is 0 Å². The van der Waals surface area contributed by atoms with E-state index in [1.165, 1.54) is 4.31 Å². The largest absolute Gasteiger partial charge is 0.351 e. The molecule has 2 aliphatic rings. The van der Waals surface area contributed by atoms with E-state index in [1.807, 2.05) is 12.5 Å². The number of fused-ring (bicyclic) bond motifs is 1. The molecule has 7 heteroatoms. The summed E-state index contributed by atoms with van der Waals surface area (Å²) in [7, 11) is 1.79. The lowest BCUT2D eigenvalue weighted by Gasteiger charge is -2.38. The molecule has 2 atom stereocenters. The van der Waals surface area contributed by atoms with Crippen LogP contribution in [-0.4, -0.2) is 59.2 Å². The number of aliphatic imine (C=N–C) groups is 1. The van der Waals surface area contributed by atoms with Crippen LogP contribution in [0.2, 0.25) is 0 Å². The monoisotopic (exact) mass is 230 g/mol. The van der Waals surface area contributed by atoms with Gasteiger partial charge in [0.1, 0.15) is 0 Å². The third-order valence-electron chi connectivity index (χ3n) is 2.47. The van der Waals surface area contributed by atoms with Crippen molar-refractivity contribution in [2.24, 2.45) is 4.99 Å². The highest BCUT2D eigenvalue weighted by atomic mass is 32.2. The number of hydrogen-bond donors (Lipinski definition) is 2. The van der Waals surface area contributed by atoms with Gasteiger partial charge in [-0.2, -0.15) is 11.1 Å². The Bertz CT molecular complexity index is 344. The van der Waals surface area contributed by atoms with Crippen LogP contribution in [0.25, 0.3) is 0 Å². The fourth-order valence-corrected chi connectivity index (χ4v) is 2.70. The van der Waals surface area contributed by atoms with E-state index < -0.39 is 17.2 Å². The molecule has 1 saturated heterocycles. The molecule has 0 radical (unpaired) electrons. The predicted octanol–water partition coefficient (Wildman–Crippen LogP) is -0.618. The molecule has 2 rings (SSSR count). The Labute approximate surface area is 90.8 Å². The number of likely N-dealkylation sites (N-methyl/N-ethyl adjacent to an activating group) is 1. The van der Waals surface area contributed by atoms with Gasteiger partial charge in [0.05, 0.1) is 6.34 Å². The number of imide groups is 1. The molecule has 0 aromatic rings. The molecular formula is C8H14N4O2S. The first-order valence-corrected chi connectivity index (χ1v) is 6.78. The molecule has 84 valence electrons. The van der Waals surface area contributed by atoms with Gasteiger partial charge < -0.3 is 10.2 Å². The highest BCUT2D eigenvalue weighted by Crippen LogP contribution is 2.28. The summed E-state index contributed by atoms with van der Waals surface area (Å²) < 4.78 is 1.31. The lowest BCUT2D eigenvalue weighted by molar-refractivity contribution is -0.129. The molecule has 0 saturated carbocycles. The second kappa shape index (κ2) is 3.41. The highest BCUT2D eigenvalue weighted by molar-refractivity contribution is 8.14. The average Bonchev–Trinajstić information content (AvgIpc) is 2.46. The zero-order chi connectivity index (χ0) is 11.2. The summed E-state index contributed by atoms with van der Waals surface area (Å²) in [5, 5.41) is 2.71. The van der Waals surface area contributed by atoms with Crippen molar-refractivity contribution in [3.8, 4) is 0 Å². The molecule has 1 N–H and O–H groups in total. The lowest BCUT2D eigenvalue weighted by Crippen LogP contribution is -2.62. The van der Waals surface area contributed by atoms with Crippen molar-refractivity contribution in [1.82, 2.24) is 14.5 Å². The van der Waals surface area contributed by atoms with Gasteiger partial charge in [0.15, 0.2) is 12.2 Å². The fourth-order valence-electron chi connectivity index (χ4n) is 1.77. The fraction of sp³-hybridized carbons (Fsp3) is 0.625. The zero-order valence-corrected chi connectivity index (χ0v) is 9.73. The quantitative estimate of drug-likeness (QED) is 0.590. The number of carbonyl (C=O) groups is 2. The van der Waals surface area contributed by atoms with Crippen molar-refractivity contribution in [1.29, 1.82) is 0 Å². The zero-order valence-electron chi connectivity index (χ0n) is 8.84. The van der Waals surface area contributed by atoms with Crippen molar-refractivity contribution >= 4 is 29.4 Å². The minimum atomic E-state index is -0.750. The van der Waals surface area contributed by atoms with Crippen LogP contribution in [0.15, 0.2) is 4.99 Å². The molecule has 1 fully saturated rings. The molecule has 6 nitrogen and oxygen atoms in total. The Morgan fingerprint density at radius 2 is 2.13 bits per heavy atom. The standard InChI is InChI=1S/C8H14N4O2S/c1-11-4-9-6-5(11)7(13)12(15(2)3)8(14)10-6/h4-6,15H,1-3H3,(H,10,14). The minimum absolute atomic E-state index is 0.153. The molecule has 0 spiro atoms. The third-order valence-corrected chi connectivity index (χ3v) is 3.65. The Balaban J connectivity index is 2.27. The summed E-state index contributed by atoms with van der Waals surface area (Å²) in [4.78, 5) is 29.4. The molecule has 2 unspecified atom stereocenters. The molecule has 0 aromatic heterocycles. The van der Waals surface area contributed by atoms with Gasteiger partial charge >= 0.3 is 6.03 Å². The van der Waals surface area contributed by atoms with Crippen molar-refractivity contribution in [3.63, 3.8) is 0 Å². The number of hydrogen-bond acceptors (Lipinski definition) is 4. The Hall–Kier alpha value is -1.24. The van der Waals surface area contributed by atoms with Gasteiger partial charge in [-0.25, -0.2) is 14.1 Å². The van der Waals surface area contributed by atoms with Crippen molar-refractivity contribution in [2.45, 2.75) is 12.2 Å². The molecule has 0 bridgehead atoms. The number of carbonyl (C=O) groups excluding carboxylic acids is 2. The maximum absolute atomic E-state index is 12.0. The van der Waals surface area contributed by atoms with E-state index >= 15 is 0 Å². The topological polar surface area (TPSA) is 65.0 Å². The highest BCUT2D eigenvalue weighted by Gasteiger charge is 2.45. The summed E-state index contributed by atoms with van der Waals surface area (Å²) in [6, 6.07) is -0.697. The predicted molar refractivity (Wildman–Crippen MR) is 60.0 cm³/mol. The number of urea groups is 1. The summed E-state index contributed by atoms with van der Waals surface area (Å²) >= 11 is -0.750. The number of rotatable bonds is 1. The molecule has 3 amide bonds. The first-order chi connectivity index (χ1) is 7.02. The van der Waals surface area contributed by atoms with Crippen molar-refractivity contribution < 1.29 is 9.59 Å². The van der Waals surface area contributed by atoms with Crippen molar-refractivity contribution in [3.05, 3.63) is 0 Å². The van der Waals surface area contributed by atoms with Crippen LogP contribution in [0.1, 0.15) is 0 Å². The normalized spacial score (nSPS) is 30.5. The van der Waals surface area contributed by atoms with E-state index in [0.29, 0.717) is 0 Å². The van der Waals surface area contributed by atoms with Gasteiger partial charge in [0, 0.05) is 7.05 Å². The van der Waals surface area contributed by atoms with Crippen LogP contribution in [0.4, 0.5) is 4.79 Å². The molecule has 0 aliphatic carbocycles. The van der Waals surface area contributed by atoms with Gasteiger partial charge in [0.25, 0.3) is 5.91 Å². The summed E-state index contributed by atoms with van der Waals surface area (Å²) in [5.74, 6) is -0.153. The SMILES string of the molecule is CN1C=NC2NC(=O)N([SH](C)C)C(=O)C21. The lowest BCUT2D eigenvalue weighted by atomic mass is 10.2. The number of nitrogens with zero attached hydrogens (tertiary/aromatic N) is 3. The Kier molecular flexibility index (Phi) is 2.34. The van der Waals surface area contributed by atoms with Crippen LogP contribution in [0.5, 0.6) is 0 Å². The van der Waals surface area contributed by atoms with Crippen molar-refractivity contribution in [2.75, 3.05) is 19.6 Å². The van der Waals surface area contributed by atoms with Crippen LogP contribution < -0.4 is 5.32 Å². The van der Waals surface area contributed by atoms with E-state index in [-0.39, 0.29) is 18.0 Å². The van der Waals surface area contributed by atoms with Crippen LogP contribution in [-0.2, 0) is 4.79 Å². The molecule has 2 heterocycles. The Morgan fingerprint density at radius 3 is 2.73 bits per heavy atom. The van der Waals surface area contributed by atoms with Gasteiger partial charge in [-0.1, -0.05) is 0 Å². The first kappa shape index (κ1) is 10.3. The maximum Gasteiger partial charge on any atom is 0.334 e. The second-order valence-corrected chi connectivity index (χ2v) is 5.86. The van der Waals surface area contributed by atoms with E-state index in [1.54, 1.807) is 18.3 Å². The molecule has 15 heavy (non-hydrogen) atoms. The number of thiol groups is 1. The second-order valence-electron chi connectivity index (χ2n) is 3.77. The van der Waals surface area contributed by atoms with Gasteiger partial charge in [-0.3, -0.25) is 4.79 Å². The number of nitrogens with one attached hydrogen (secondary N) is 1. The minimum Gasteiger partial charge on any atom is -0.351 e. The maximum atomic E-state index is 12.0. The van der Waals surface area contributed by atoms with E-state index in [2.05, 4.69) is 10.3 Å². The summed E-state index contributed by atoms with van der Waals surface area (Å²) in [6.45, 7) is 0. The first-order valence-electron chi connectivity index (χ1n) is 4.59. The van der Waals surface area contributed by atoms with Gasteiger partial charge in [-0.05, 0) is 12.5 Å². The Morgan fingerprint density at radius 1 is 1.47 bits per heavy atom.